The van der Waals surface area contributed by atoms with E-state index in [4.69, 9.17) is 4.74 Å². The minimum atomic E-state index is -0.181. The second-order valence-corrected chi connectivity index (χ2v) is 12.8. The second-order valence-electron chi connectivity index (χ2n) is 11.7. The van der Waals surface area contributed by atoms with Crippen molar-refractivity contribution in [1.29, 1.82) is 0 Å². The van der Waals surface area contributed by atoms with Crippen LogP contribution < -0.4 is 5.32 Å². The Morgan fingerprint density at radius 1 is 1.18 bits per heavy atom. The highest BCUT2D eigenvalue weighted by Crippen LogP contribution is 2.53. The number of pyridine rings is 1. The van der Waals surface area contributed by atoms with Crippen molar-refractivity contribution in [2.75, 3.05) is 26.3 Å². The Bertz CT molecular complexity index is 1560. The van der Waals surface area contributed by atoms with E-state index in [1.807, 2.05) is 15.9 Å². The number of aromatic nitrogens is 4. The van der Waals surface area contributed by atoms with E-state index in [-0.39, 0.29) is 11.9 Å². The third-order valence-corrected chi connectivity index (χ3v) is 10.7. The van der Waals surface area contributed by atoms with Crippen molar-refractivity contribution in [2.45, 2.75) is 71.4 Å². The first-order valence-corrected chi connectivity index (χ1v) is 14.7. The number of rotatable bonds is 4. The highest BCUT2D eigenvalue weighted by atomic mass is 32.1. The number of H-pyrrole nitrogens is 1. The number of piperidine rings is 1. The summed E-state index contributed by atoms with van der Waals surface area (Å²) in [5, 5.41) is 9.17. The molecule has 3 fully saturated rings. The van der Waals surface area contributed by atoms with Crippen LogP contribution in [0.25, 0.3) is 27.1 Å². The van der Waals surface area contributed by atoms with Gasteiger partial charge >= 0.3 is 0 Å². The summed E-state index contributed by atoms with van der Waals surface area (Å²) in [6.45, 7) is 14.0. The van der Waals surface area contributed by atoms with Crippen LogP contribution >= 0.6 is 11.3 Å². The minimum absolute atomic E-state index is 0.181. The van der Waals surface area contributed by atoms with Crippen molar-refractivity contribution in [3.63, 3.8) is 0 Å². The molecule has 6 heterocycles. The predicted molar refractivity (Wildman–Crippen MR) is 150 cm³/mol. The fourth-order valence-electron chi connectivity index (χ4n) is 7.32. The Balaban J connectivity index is 1.23. The van der Waals surface area contributed by atoms with Crippen LogP contribution in [0.2, 0.25) is 0 Å². The Hall–Kier alpha value is -2.75. The van der Waals surface area contributed by atoms with Crippen molar-refractivity contribution >= 4 is 33.1 Å². The van der Waals surface area contributed by atoms with E-state index < -0.39 is 0 Å². The average Bonchev–Trinajstić information content (AvgIpc) is 3.73. The number of amides is 1. The lowest BCUT2D eigenvalue weighted by Crippen LogP contribution is -2.54. The van der Waals surface area contributed by atoms with Crippen molar-refractivity contribution < 1.29 is 9.53 Å². The summed E-state index contributed by atoms with van der Waals surface area (Å²) in [6, 6.07) is 0.167. The number of carbonyl (C=O) groups excluding carboxylic acids is 1. The molecule has 4 atom stereocenters. The molecule has 1 amide bonds. The lowest BCUT2D eigenvalue weighted by atomic mass is 9.88. The van der Waals surface area contributed by atoms with Gasteiger partial charge in [0.15, 0.2) is 5.65 Å². The maximum Gasteiger partial charge on any atom is 0.242 e. The summed E-state index contributed by atoms with van der Waals surface area (Å²) < 4.78 is 7.45. The summed E-state index contributed by atoms with van der Waals surface area (Å²) in [7, 11) is 0. The molecule has 2 saturated heterocycles. The molecule has 4 aromatic heterocycles. The van der Waals surface area contributed by atoms with Gasteiger partial charge in [0.25, 0.3) is 0 Å². The first-order chi connectivity index (χ1) is 18.3. The second kappa shape index (κ2) is 8.89. The van der Waals surface area contributed by atoms with Gasteiger partial charge in [0.2, 0.25) is 5.91 Å². The Labute approximate surface area is 226 Å². The van der Waals surface area contributed by atoms with Crippen LogP contribution in [0, 0.1) is 26.7 Å². The number of aromatic amines is 1. The minimum Gasteiger partial charge on any atom is -0.378 e. The Morgan fingerprint density at radius 2 is 2.03 bits per heavy atom. The van der Waals surface area contributed by atoms with E-state index in [9.17, 15) is 4.79 Å². The first-order valence-electron chi connectivity index (χ1n) is 13.9. The molecule has 38 heavy (non-hydrogen) atoms. The summed E-state index contributed by atoms with van der Waals surface area (Å²) >= 11 is 1.93. The van der Waals surface area contributed by atoms with Crippen molar-refractivity contribution in [3.8, 4) is 11.3 Å². The predicted octanol–water partition coefficient (Wildman–Crippen LogP) is 4.68. The fraction of sp³-hybridized carbons (Fsp3) is 0.552. The van der Waals surface area contributed by atoms with Crippen LogP contribution in [0.4, 0.5) is 0 Å². The summed E-state index contributed by atoms with van der Waals surface area (Å²) in [5.74, 6) is 1.68. The van der Waals surface area contributed by atoms with Crippen LogP contribution in [0.3, 0.4) is 0 Å². The van der Waals surface area contributed by atoms with Gasteiger partial charge in [-0.05, 0) is 67.7 Å². The number of nitrogens with one attached hydrogen (secondary N) is 2. The quantitative estimate of drug-likeness (QED) is 0.399. The number of thiophene rings is 1. The molecule has 2 N–H and O–H groups in total. The molecule has 8 nitrogen and oxygen atoms in total. The van der Waals surface area contributed by atoms with Gasteiger partial charge < -0.3 is 19.9 Å². The highest BCUT2D eigenvalue weighted by Gasteiger charge is 2.49. The standard InChI is InChI=1S/C29H36N6O2S/c1-14(2)23-24-17(5)26(20-9-19-8-18(20)10-34(19)29(36)22-12-37-7-6-30-22)38-28(24)33-25(23)21-11-35-27(31-13-32-35)16(4)15(21)3/h11,13-14,18-20,22,30,33H,6-10,12H2,1-5H3/t18?,19?,20-,22-/m1/s1. The molecule has 4 aromatic rings. The SMILES string of the molecule is Cc1c(-c2[nH]c3sc([C@@H]4CC5CC4CN5C(=O)[C@H]4COCCN4)c(C)c3c2C(C)C)cn2ncnc2c1C. The third-order valence-electron chi connectivity index (χ3n) is 9.32. The molecule has 9 heteroatoms. The van der Waals surface area contributed by atoms with Gasteiger partial charge in [-0.2, -0.15) is 5.10 Å². The summed E-state index contributed by atoms with van der Waals surface area (Å²) in [4.78, 5) is 26.4. The van der Waals surface area contributed by atoms with E-state index in [0.29, 0.717) is 37.0 Å². The Morgan fingerprint density at radius 3 is 2.74 bits per heavy atom. The largest absolute Gasteiger partial charge is 0.378 e. The number of carbonyl (C=O) groups is 1. The maximum atomic E-state index is 13.2. The van der Waals surface area contributed by atoms with Crippen molar-refractivity contribution in [3.05, 3.63) is 39.7 Å². The number of likely N-dealkylation sites (tertiary alicyclic amines) is 1. The van der Waals surface area contributed by atoms with Crippen LogP contribution in [0.5, 0.6) is 0 Å². The maximum absolute atomic E-state index is 13.2. The normalized spacial score (nSPS) is 25.5. The molecule has 200 valence electrons. The zero-order chi connectivity index (χ0) is 26.3. The fourth-order valence-corrected chi connectivity index (χ4v) is 8.75. The van der Waals surface area contributed by atoms with E-state index in [0.717, 1.165) is 31.6 Å². The number of aryl methyl sites for hydroxylation is 2. The molecule has 2 bridgehead atoms. The van der Waals surface area contributed by atoms with Gasteiger partial charge in [0.05, 0.1) is 18.9 Å². The van der Waals surface area contributed by atoms with Crippen LogP contribution in [-0.2, 0) is 9.53 Å². The molecule has 1 aliphatic carbocycles. The average molecular weight is 533 g/mol. The van der Waals surface area contributed by atoms with E-state index in [1.165, 1.54) is 48.6 Å². The highest BCUT2D eigenvalue weighted by molar-refractivity contribution is 7.19. The third kappa shape index (κ3) is 3.51. The van der Waals surface area contributed by atoms with Gasteiger partial charge in [0.1, 0.15) is 17.2 Å². The summed E-state index contributed by atoms with van der Waals surface area (Å²) in [5.41, 5.74) is 8.55. The number of hydrogen-bond acceptors (Lipinski definition) is 6. The molecular formula is C29H36N6O2S. The number of nitrogens with zero attached hydrogens (tertiary/aromatic N) is 4. The number of ether oxygens (including phenoxy) is 1. The van der Waals surface area contributed by atoms with Crippen LogP contribution in [0.15, 0.2) is 12.5 Å². The zero-order valence-electron chi connectivity index (χ0n) is 22.8. The number of morpholine rings is 1. The molecule has 0 radical (unpaired) electrons. The van der Waals surface area contributed by atoms with Gasteiger partial charge in [0, 0.05) is 47.1 Å². The van der Waals surface area contributed by atoms with Gasteiger partial charge in [-0.25, -0.2) is 9.50 Å². The molecule has 0 aromatic carbocycles. The van der Waals surface area contributed by atoms with Crippen LogP contribution in [-0.4, -0.2) is 68.8 Å². The number of fused-ring (bicyclic) bond motifs is 4. The molecule has 2 unspecified atom stereocenters. The molecular weight excluding hydrogens is 496 g/mol. The van der Waals surface area contributed by atoms with Crippen molar-refractivity contribution in [2.24, 2.45) is 5.92 Å². The lowest BCUT2D eigenvalue weighted by Gasteiger charge is -2.35. The first kappa shape index (κ1) is 24.3. The smallest absolute Gasteiger partial charge is 0.242 e. The Kier molecular flexibility index (Phi) is 5.69. The molecule has 7 rings (SSSR count). The van der Waals surface area contributed by atoms with E-state index >= 15 is 0 Å². The molecule has 3 aliphatic rings. The lowest BCUT2D eigenvalue weighted by molar-refractivity contribution is -0.138. The van der Waals surface area contributed by atoms with E-state index in [1.54, 1.807) is 6.33 Å². The van der Waals surface area contributed by atoms with Gasteiger partial charge in [-0.15, -0.1) is 11.3 Å². The number of hydrogen-bond donors (Lipinski definition) is 2. The van der Waals surface area contributed by atoms with Gasteiger partial charge in [-0.1, -0.05) is 13.8 Å². The molecule has 0 spiro atoms. The molecule has 2 aliphatic heterocycles. The van der Waals surface area contributed by atoms with E-state index in [2.05, 4.69) is 66.1 Å². The molecule has 1 saturated carbocycles. The van der Waals surface area contributed by atoms with Crippen LogP contribution in [0.1, 0.15) is 65.7 Å². The monoisotopic (exact) mass is 532 g/mol. The summed E-state index contributed by atoms with van der Waals surface area (Å²) in [6.07, 6.45) is 5.94. The zero-order valence-corrected chi connectivity index (χ0v) is 23.6. The van der Waals surface area contributed by atoms with Gasteiger partial charge in [-0.3, -0.25) is 4.79 Å². The topological polar surface area (TPSA) is 87.5 Å². The van der Waals surface area contributed by atoms with Crippen molar-refractivity contribution in [1.82, 2.24) is 29.8 Å².